The van der Waals surface area contributed by atoms with Gasteiger partial charge >= 0.3 is 0 Å². The largest absolute Gasteiger partial charge is 0.454 e. The Bertz CT molecular complexity index is 777. The predicted molar refractivity (Wildman–Crippen MR) is 92.0 cm³/mol. The molecule has 7 nitrogen and oxygen atoms in total. The molecule has 3 heterocycles. The molecule has 2 aromatic rings. The van der Waals surface area contributed by atoms with Crippen LogP contribution in [0.3, 0.4) is 0 Å². The highest BCUT2D eigenvalue weighted by molar-refractivity contribution is 5.92. The van der Waals surface area contributed by atoms with Crippen molar-refractivity contribution in [3.05, 3.63) is 41.1 Å². The number of hydrogen-bond acceptors (Lipinski definition) is 4. The Labute approximate surface area is 147 Å². The Balaban J connectivity index is 1.68. The molecule has 134 valence electrons. The zero-order valence-electron chi connectivity index (χ0n) is 14.9. The van der Waals surface area contributed by atoms with Crippen LogP contribution in [0.1, 0.15) is 47.5 Å². The standard InChI is InChI=1S/C18H24N4O3/c1-12-9-13(2)22(20-12)11-15-5-4-8-21(15)18(24)17-7-6-16(25-17)10-19-14(3)23/h6-7,9,15H,4-5,8,10-11H2,1-3H3,(H,19,23)/t15-/m0/s1. The lowest BCUT2D eigenvalue weighted by Gasteiger charge is -2.24. The van der Waals surface area contributed by atoms with Gasteiger partial charge in [-0.25, -0.2) is 0 Å². The Morgan fingerprint density at radius 1 is 1.36 bits per heavy atom. The fourth-order valence-corrected chi connectivity index (χ4v) is 3.29. The van der Waals surface area contributed by atoms with Gasteiger partial charge in [-0.2, -0.15) is 5.10 Å². The molecule has 1 aliphatic rings. The zero-order valence-corrected chi connectivity index (χ0v) is 14.9. The number of aryl methyl sites for hydroxylation is 2. The van der Waals surface area contributed by atoms with Gasteiger partial charge in [0.25, 0.3) is 5.91 Å². The first-order valence-electron chi connectivity index (χ1n) is 8.59. The average molecular weight is 344 g/mol. The van der Waals surface area contributed by atoms with Crippen molar-refractivity contribution in [1.82, 2.24) is 20.0 Å². The number of nitrogens with zero attached hydrogens (tertiary/aromatic N) is 3. The maximum atomic E-state index is 12.8. The average Bonchev–Trinajstić information content (AvgIpc) is 3.26. The lowest BCUT2D eigenvalue weighted by Crippen LogP contribution is -2.38. The summed E-state index contributed by atoms with van der Waals surface area (Å²) >= 11 is 0. The number of carbonyl (C=O) groups excluding carboxylic acids is 2. The van der Waals surface area contributed by atoms with E-state index in [9.17, 15) is 9.59 Å². The second-order valence-electron chi connectivity index (χ2n) is 6.58. The van der Waals surface area contributed by atoms with Crippen molar-refractivity contribution in [2.75, 3.05) is 6.54 Å². The summed E-state index contributed by atoms with van der Waals surface area (Å²) in [6.07, 6.45) is 1.94. The molecule has 2 amide bonds. The molecule has 0 bridgehead atoms. The van der Waals surface area contributed by atoms with E-state index in [1.807, 2.05) is 29.5 Å². The molecule has 0 aromatic carbocycles. The summed E-state index contributed by atoms with van der Waals surface area (Å²) in [4.78, 5) is 25.7. The van der Waals surface area contributed by atoms with E-state index in [0.717, 1.165) is 30.8 Å². The van der Waals surface area contributed by atoms with Crippen LogP contribution in [0.5, 0.6) is 0 Å². The molecule has 1 saturated heterocycles. The summed E-state index contributed by atoms with van der Waals surface area (Å²) in [7, 11) is 0. The fourth-order valence-electron chi connectivity index (χ4n) is 3.29. The number of hydrogen-bond donors (Lipinski definition) is 1. The van der Waals surface area contributed by atoms with Crippen molar-refractivity contribution in [2.24, 2.45) is 0 Å². The molecule has 1 atom stereocenters. The van der Waals surface area contributed by atoms with Gasteiger partial charge in [0.1, 0.15) is 5.76 Å². The van der Waals surface area contributed by atoms with Crippen LogP contribution in [0.15, 0.2) is 22.6 Å². The minimum absolute atomic E-state index is 0.0990. The maximum absolute atomic E-state index is 12.8. The predicted octanol–water partition coefficient (Wildman–Crippen LogP) is 2.03. The summed E-state index contributed by atoms with van der Waals surface area (Å²) in [5.74, 6) is 0.667. The van der Waals surface area contributed by atoms with Crippen LogP contribution < -0.4 is 5.32 Å². The van der Waals surface area contributed by atoms with Crippen LogP contribution in [-0.2, 0) is 17.9 Å². The summed E-state index contributed by atoms with van der Waals surface area (Å²) < 4.78 is 7.57. The minimum Gasteiger partial charge on any atom is -0.454 e. The highest BCUT2D eigenvalue weighted by Gasteiger charge is 2.31. The van der Waals surface area contributed by atoms with Crippen LogP contribution in [0.4, 0.5) is 0 Å². The van der Waals surface area contributed by atoms with E-state index in [2.05, 4.69) is 10.4 Å². The highest BCUT2D eigenvalue weighted by atomic mass is 16.4. The molecule has 1 aliphatic heterocycles. The molecule has 7 heteroatoms. The molecule has 3 rings (SSSR count). The third-order valence-corrected chi connectivity index (χ3v) is 4.51. The normalized spacial score (nSPS) is 17.1. The molecular formula is C18H24N4O3. The Kier molecular flexibility index (Phi) is 4.92. The van der Waals surface area contributed by atoms with Gasteiger partial charge in [-0.05, 0) is 44.9 Å². The Morgan fingerprint density at radius 2 is 2.16 bits per heavy atom. The zero-order chi connectivity index (χ0) is 18.0. The number of rotatable bonds is 5. The Morgan fingerprint density at radius 3 is 2.84 bits per heavy atom. The lowest BCUT2D eigenvalue weighted by molar-refractivity contribution is -0.119. The number of likely N-dealkylation sites (tertiary alicyclic amines) is 1. The number of amides is 2. The molecule has 25 heavy (non-hydrogen) atoms. The molecule has 0 radical (unpaired) electrons. The second-order valence-corrected chi connectivity index (χ2v) is 6.58. The van der Waals surface area contributed by atoms with E-state index in [0.29, 0.717) is 18.1 Å². The SMILES string of the molecule is CC(=O)NCc1ccc(C(=O)N2CCC[C@H]2Cn2nc(C)cc2C)o1. The smallest absolute Gasteiger partial charge is 0.289 e. The molecule has 0 aliphatic carbocycles. The van der Waals surface area contributed by atoms with Crippen molar-refractivity contribution in [3.63, 3.8) is 0 Å². The van der Waals surface area contributed by atoms with Crippen LogP contribution in [0.2, 0.25) is 0 Å². The first-order valence-corrected chi connectivity index (χ1v) is 8.59. The lowest BCUT2D eigenvalue weighted by atomic mass is 10.2. The van der Waals surface area contributed by atoms with Crippen LogP contribution in [0, 0.1) is 13.8 Å². The molecule has 2 aromatic heterocycles. The summed E-state index contributed by atoms with van der Waals surface area (Å²) in [5.41, 5.74) is 2.09. The highest BCUT2D eigenvalue weighted by Crippen LogP contribution is 2.23. The number of furan rings is 1. The summed E-state index contributed by atoms with van der Waals surface area (Å²) in [6.45, 7) is 7.17. The molecule has 0 saturated carbocycles. The summed E-state index contributed by atoms with van der Waals surface area (Å²) in [6, 6.07) is 5.57. The van der Waals surface area contributed by atoms with Crippen molar-refractivity contribution in [1.29, 1.82) is 0 Å². The van der Waals surface area contributed by atoms with Gasteiger partial charge in [0, 0.05) is 19.2 Å². The van der Waals surface area contributed by atoms with Crippen molar-refractivity contribution >= 4 is 11.8 Å². The van der Waals surface area contributed by atoms with E-state index in [4.69, 9.17) is 4.42 Å². The van der Waals surface area contributed by atoms with Gasteiger partial charge in [0.2, 0.25) is 5.91 Å². The number of aromatic nitrogens is 2. The maximum Gasteiger partial charge on any atom is 0.289 e. The van der Waals surface area contributed by atoms with Crippen LogP contribution in [0.25, 0.3) is 0 Å². The van der Waals surface area contributed by atoms with E-state index < -0.39 is 0 Å². The number of carbonyl (C=O) groups is 2. The van der Waals surface area contributed by atoms with Gasteiger partial charge in [-0.3, -0.25) is 14.3 Å². The Hall–Kier alpha value is -2.57. The van der Waals surface area contributed by atoms with Gasteiger partial charge < -0.3 is 14.6 Å². The molecule has 0 spiro atoms. The monoisotopic (exact) mass is 344 g/mol. The first kappa shape index (κ1) is 17.3. The van der Waals surface area contributed by atoms with Gasteiger partial charge in [-0.1, -0.05) is 0 Å². The van der Waals surface area contributed by atoms with Gasteiger partial charge in [0.05, 0.1) is 24.8 Å². The second kappa shape index (κ2) is 7.13. The van der Waals surface area contributed by atoms with Crippen LogP contribution in [-0.4, -0.2) is 39.1 Å². The molecular weight excluding hydrogens is 320 g/mol. The number of nitrogens with one attached hydrogen (secondary N) is 1. The van der Waals surface area contributed by atoms with Gasteiger partial charge in [-0.15, -0.1) is 0 Å². The topological polar surface area (TPSA) is 80.4 Å². The fraction of sp³-hybridized carbons (Fsp3) is 0.500. The van der Waals surface area contributed by atoms with E-state index in [1.165, 1.54) is 6.92 Å². The van der Waals surface area contributed by atoms with E-state index in [-0.39, 0.29) is 24.4 Å². The van der Waals surface area contributed by atoms with Crippen LogP contribution >= 0.6 is 0 Å². The first-order chi connectivity index (χ1) is 11.9. The van der Waals surface area contributed by atoms with E-state index in [1.54, 1.807) is 12.1 Å². The molecule has 0 unspecified atom stereocenters. The molecule has 1 fully saturated rings. The third kappa shape index (κ3) is 3.92. The third-order valence-electron chi connectivity index (χ3n) is 4.51. The summed E-state index contributed by atoms with van der Waals surface area (Å²) in [5, 5.41) is 7.16. The van der Waals surface area contributed by atoms with E-state index >= 15 is 0 Å². The van der Waals surface area contributed by atoms with Crippen molar-refractivity contribution in [3.8, 4) is 0 Å². The minimum atomic E-state index is -0.131. The van der Waals surface area contributed by atoms with Crippen molar-refractivity contribution < 1.29 is 14.0 Å². The van der Waals surface area contributed by atoms with Gasteiger partial charge in [0.15, 0.2) is 5.76 Å². The quantitative estimate of drug-likeness (QED) is 0.900. The molecule has 1 N–H and O–H groups in total. The van der Waals surface area contributed by atoms with Crippen molar-refractivity contribution in [2.45, 2.75) is 52.7 Å².